The maximum atomic E-state index is 12.1. The minimum atomic E-state index is -0.350. The molecule has 5 rings (SSSR count). The van der Waals surface area contributed by atoms with Gasteiger partial charge in [0.05, 0.1) is 10.4 Å². The summed E-state index contributed by atoms with van der Waals surface area (Å²) in [5.74, 6) is -0.0508. The highest BCUT2D eigenvalue weighted by Gasteiger charge is 2.30. The summed E-state index contributed by atoms with van der Waals surface area (Å²) >= 11 is 1.41. The topological polar surface area (TPSA) is 72.1 Å². The molecule has 0 spiro atoms. The molecule has 4 aromatic rings. The molecule has 0 bridgehead atoms. The van der Waals surface area contributed by atoms with Crippen molar-refractivity contribution in [3.05, 3.63) is 70.9 Å². The molecule has 1 aliphatic rings. The highest BCUT2D eigenvalue weighted by molar-refractivity contribution is 7.20. The number of carbonyl (C=O) groups is 1. The maximum Gasteiger partial charge on any atom is 0.259 e. The Kier molecular flexibility index (Phi) is 4.30. The predicted molar refractivity (Wildman–Crippen MR) is 113 cm³/mol. The lowest BCUT2D eigenvalue weighted by molar-refractivity contribution is 0.100. The summed E-state index contributed by atoms with van der Waals surface area (Å²) in [5, 5.41) is 2.28. The van der Waals surface area contributed by atoms with E-state index in [0.717, 1.165) is 47.4 Å². The number of primary amides is 1. The Labute approximate surface area is 166 Å². The monoisotopic (exact) mass is 388 g/mol. The highest BCUT2D eigenvalue weighted by atomic mass is 32.1. The summed E-state index contributed by atoms with van der Waals surface area (Å²) in [6, 6.07) is 14.4. The van der Waals surface area contributed by atoms with Gasteiger partial charge in [0, 0.05) is 42.2 Å². The van der Waals surface area contributed by atoms with E-state index in [4.69, 9.17) is 5.73 Å². The van der Waals surface area contributed by atoms with Crippen LogP contribution in [0.1, 0.15) is 33.1 Å². The minimum Gasteiger partial charge on any atom is -0.365 e. The fraction of sp³-hybridized carbons (Fsp3) is 0.227. The van der Waals surface area contributed by atoms with Crippen molar-refractivity contribution in [2.75, 3.05) is 13.1 Å². The molecule has 6 heteroatoms. The van der Waals surface area contributed by atoms with Crippen LogP contribution in [0.5, 0.6) is 0 Å². The Hall–Kier alpha value is -2.83. The second-order valence-corrected chi connectivity index (χ2v) is 8.27. The largest absolute Gasteiger partial charge is 0.365 e. The molecule has 140 valence electrons. The van der Waals surface area contributed by atoms with E-state index in [1.54, 1.807) is 6.20 Å². The first-order valence-corrected chi connectivity index (χ1v) is 10.2. The van der Waals surface area contributed by atoms with Crippen molar-refractivity contribution in [3.63, 3.8) is 0 Å². The molecule has 5 nitrogen and oxygen atoms in total. The molecule has 0 saturated carbocycles. The van der Waals surface area contributed by atoms with Crippen LogP contribution in [-0.2, 0) is 6.54 Å². The van der Waals surface area contributed by atoms with Gasteiger partial charge < -0.3 is 5.73 Å². The van der Waals surface area contributed by atoms with Crippen LogP contribution in [0, 0.1) is 0 Å². The van der Waals surface area contributed by atoms with Crippen molar-refractivity contribution in [2.24, 2.45) is 5.73 Å². The minimum absolute atomic E-state index is 0.300. The first kappa shape index (κ1) is 17.3. The van der Waals surface area contributed by atoms with Crippen LogP contribution < -0.4 is 5.73 Å². The van der Waals surface area contributed by atoms with Gasteiger partial charge in [-0.15, -0.1) is 11.3 Å². The molecule has 0 radical (unpaired) electrons. The van der Waals surface area contributed by atoms with Gasteiger partial charge in [0.15, 0.2) is 0 Å². The number of amides is 1. The Bertz CT molecular complexity index is 1180. The number of para-hydroxylation sites is 1. The fourth-order valence-electron chi connectivity index (χ4n) is 4.29. The quantitative estimate of drug-likeness (QED) is 0.575. The van der Waals surface area contributed by atoms with E-state index in [2.05, 4.69) is 45.2 Å². The Morgan fingerprint density at radius 2 is 1.96 bits per heavy atom. The summed E-state index contributed by atoms with van der Waals surface area (Å²) in [5.41, 5.74) is 9.09. The van der Waals surface area contributed by atoms with Gasteiger partial charge in [0.2, 0.25) is 0 Å². The lowest BCUT2D eigenvalue weighted by Gasteiger charge is -2.17. The normalized spacial score (nSPS) is 17.5. The third-order valence-electron chi connectivity index (χ3n) is 5.54. The molecule has 1 fully saturated rings. The number of fused-ring (bicyclic) bond motifs is 2. The van der Waals surface area contributed by atoms with Crippen LogP contribution in [-0.4, -0.2) is 33.9 Å². The third-order valence-corrected chi connectivity index (χ3v) is 6.69. The second-order valence-electron chi connectivity index (χ2n) is 7.27. The molecule has 28 heavy (non-hydrogen) atoms. The molecule has 0 unspecified atom stereocenters. The average Bonchev–Trinajstić information content (AvgIpc) is 3.32. The SMILES string of the molecule is NC(=O)c1sc2ncccc2c1[C@@H]1CCN(Cc2ccnc3ccccc23)C1. The van der Waals surface area contributed by atoms with Gasteiger partial charge in [0.1, 0.15) is 4.83 Å². The number of thiophene rings is 1. The lowest BCUT2D eigenvalue weighted by Crippen LogP contribution is -2.20. The highest BCUT2D eigenvalue weighted by Crippen LogP contribution is 2.39. The van der Waals surface area contributed by atoms with Gasteiger partial charge in [0.25, 0.3) is 5.91 Å². The number of aromatic nitrogens is 2. The number of rotatable bonds is 4. The van der Waals surface area contributed by atoms with E-state index in [9.17, 15) is 4.79 Å². The smallest absolute Gasteiger partial charge is 0.259 e. The molecule has 1 atom stereocenters. The van der Waals surface area contributed by atoms with E-state index in [1.807, 2.05) is 18.3 Å². The molecule has 1 saturated heterocycles. The fourth-order valence-corrected chi connectivity index (χ4v) is 5.37. The number of hydrogen-bond donors (Lipinski definition) is 1. The summed E-state index contributed by atoms with van der Waals surface area (Å²) in [4.78, 5) is 25.0. The van der Waals surface area contributed by atoms with Crippen molar-refractivity contribution in [1.82, 2.24) is 14.9 Å². The molecule has 3 aromatic heterocycles. The standard InChI is InChI=1S/C22H20N4OS/c23-21(27)20-19(17-5-3-9-25-22(17)28-20)15-8-11-26(13-15)12-14-7-10-24-18-6-2-1-4-16(14)18/h1-7,9-10,15H,8,11-13H2,(H2,23,27)/t15-/m1/s1. The van der Waals surface area contributed by atoms with Crippen molar-refractivity contribution in [2.45, 2.75) is 18.9 Å². The second kappa shape index (κ2) is 6.96. The van der Waals surface area contributed by atoms with Gasteiger partial charge in [-0.25, -0.2) is 4.98 Å². The number of nitrogens with zero attached hydrogens (tertiary/aromatic N) is 3. The number of benzene rings is 1. The van der Waals surface area contributed by atoms with Crippen molar-refractivity contribution >= 4 is 38.4 Å². The van der Waals surface area contributed by atoms with Crippen LogP contribution in [0.2, 0.25) is 0 Å². The number of likely N-dealkylation sites (tertiary alicyclic amines) is 1. The molecule has 4 heterocycles. The van der Waals surface area contributed by atoms with E-state index < -0.39 is 0 Å². The third kappa shape index (κ3) is 2.95. The van der Waals surface area contributed by atoms with Gasteiger partial charge in [-0.3, -0.25) is 14.7 Å². The Morgan fingerprint density at radius 1 is 1.11 bits per heavy atom. The summed E-state index contributed by atoms with van der Waals surface area (Å²) < 4.78 is 0. The van der Waals surface area contributed by atoms with E-state index in [1.165, 1.54) is 22.3 Å². The van der Waals surface area contributed by atoms with E-state index >= 15 is 0 Å². The summed E-state index contributed by atoms with van der Waals surface area (Å²) in [6.45, 7) is 2.79. The first-order valence-electron chi connectivity index (χ1n) is 9.43. The Balaban J connectivity index is 1.44. The van der Waals surface area contributed by atoms with Gasteiger partial charge in [-0.2, -0.15) is 0 Å². The summed E-state index contributed by atoms with van der Waals surface area (Å²) in [6.07, 6.45) is 4.67. The summed E-state index contributed by atoms with van der Waals surface area (Å²) in [7, 11) is 0. The molecule has 1 aromatic carbocycles. The molecule has 2 N–H and O–H groups in total. The van der Waals surface area contributed by atoms with Crippen LogP contribution in [0.15, 0.2) is 54.9 Å². The molecule has 1 aliphatic heterocycles. The number of carbonyl (C=O) groups excluding carboxylic acids is 1. The van der Waals surface area contributed by atoms with E-state index in [0.29, 0.717) is 10.8 Å². The van der Waals surface area contributed by atoms with Crippen molar-refractivity contribution in [1.29, 1.82) is 0 Å². The lowest BCUT2D eigenvalue weighted by atomic mass is 9.95. The first-order chi connectivity index (χ1) is 13.7. The maximum absolute atomic E-state index is 12.1. The zero-order valence-electron chi connectivity index (χ0n) is 15.3. The number of pyridine rings is 2. The Morgan fingerprint density at radius 3 is 2.86 bits per heavy atom. The van der Waals surface area contributed by atoms with Gasteiger partial charge in [-0.1, -0.05) is 24.3 Å². The van der Waals surface area contributed by atoms with Crippen LogP contribution in [0.3, 0.4) is 0 Å². The molecule has 0 aliphatic carbocycles. The molecule has 1 amide bonds. The van der Waals surface area contributed by atoms with Crippen molar-refractivity contribution < 1.29 is 4.79 Å². The predicted octanol–water partition coefficient (Wildman–Crippen LogP) is 3.93. The molecular weight excluding hydrogens is 368 g/mol. The van der Waals surface area contributed by atoms with Crippen molar-refractivity contribution in [3.8, 4) is 0 Å². The number of hydrogen-bond acceptors (Lipinski definition) is 5. The van der Waals surface area contributed by atoms with Gasteiger partial charge in [-0.05, 0) is 42.3 Å². The van der Waals surface area contributed by atoms with Crippen LogP contribution in [0.25, 0.3) is 21.1 Å². The van der Waals surface area contributed by atoms with Crippen LogP contribution >= 0.6 is 11.3 Å². The number of nitrogens with two attached hydrogens (primary N) is 1. The zero-order chi connectivity index (χ0) is 19.1. The average molecular weight is 388 g/mol. The van der Waals surface area contributed by atoms with E-state index in [-0.39, 0.29) is 5.91 Å². The van der Waals surface area contributed by atoms with Crippen LogP contribution in [0.4, 0.5) is 0 Å². The zero-order valence-corrected chi connectivity index (χ0v) is 16.2. The van der Waals surface area contributed by atoms with Gasteiger partial charge >= 0.3 is 0 Å². The molecular formula is C22H20N4OS.